The van der Waals surface area contributed by atoms with Crippen molar-refractivity contribution in [3.8, 4) is 17.4 Å². The quantitative estimate of drug-likeness (QED) is 0.322. The fraction of sp³-hybridized carbons (Fsp3) is 0.154. The van der Waals surface area contributed by atoms with Crippen molar-refractivity contribution in [2.24, 2.45) is 0 Å². The minimum Gasteiger partial charge on any atom is -0.493 e. The molecule has 0 aliphatic rings. The van der Waals surface area contributed by atoms with Gasteiger partial charge in [-0.3, -0.25) is 4.79 Å². The number of carbonyl (C=O) groups is 1. The summed E-state index contributed by atoms with van der Waals surface area (Å²) in [5.41, 5.74) is 3.54. The second-order valence-electron chi connectivity index (χ2n) is 8.03. The van der Waals surface area contributed by atoms with Gasteiger partial charge >= 0.3 is 0 Å². The molecule has 5 aromatic rings. The number of benzene rings is 1. The molecular weight excluding hydrogens is 462 g/mol. The molecule has 1 N–H and O–H groups in total. The molecule has 0 atom stereocenters. The number of thiophene rings is 1. The van der Waals surface area contributed by atoms with Crippen LogP contribution in [0.25, 0.3) is 11.0 Å². The first-order valence-corrected chi connectivity index (χ1v) is 11.8. The summed E-state index contributed by atoms with van der Waals surface area (Å²) in [6, 6.07) is 14.9. The van der Waals surface area contributed by atoms with Crippen molar-refractivity contribution in [1.82, 2.24) is 19.7 Å². The molecule has 9 heteroatoms. The van der Waals surface area contributed by atoms with Gasteiger partial charge in [0.25, 0.3) is 5.91 Å². The predicted molar refractivity (Wildman–Crippen MR) is 136 cm³/mol. The highest BCUT2D eigenvalue weighted by atomic mass is 32.1. The van der Waals surface area contributed by atoms with Gasteiger partial charge < -0.3 is 14.8 Å². The minimum absolute atomic E-state index is 0.258. The largest absolute Gasteiger partial charge is 0.493 e. The first-order valence-electron chi connectivity index (χ1n) is 11.0. The average Bonchev–Trinajstić information content (AvgIpc) is 3.51. The summed E-state index contributed by atoms with van der Waals surface area (Å²) < 4.78 is 13.0. The van der Waals surface area contributed by atoms with Gasteiger partial charge in [0.1, 0.15) is 0 Å². The Morgan fingerprint density at radius 1 is 1.09 bits per heavy atom. The Morgan fingerprint density at radius 2 is 1.97 bits per heavy atom. The molecule has 0 radical (unpaired) electrons. The molecule has 5 rings (SSSR count). The Balaban J connectivity index is 1.34. The summed E-state index contributed by atoms with van der Waals surface area (Å²) in [6.45, 7) is 4.45. The zero-order valence-electron chi connectivity index (χ0n) is 19.5. The van der Waals surface area contributed by atoms with Gasteiger partial charge in [-0.15, -0.1) is 11.3 Å². The topological polar surface area (TPSA) is 91.2 Å². The van der Waals surface area contributed by atoms with Gasteiger partial charge in [-0.2, -0.15) is 5.10 Å². The normalized spacial score (nSPS) is 10.9. The van der Waals surface area contributed by atoms with Crippen LogP contribution in [0.2, 0.25) is 0 Å². The lowest BCUT2D eigenvalue weighted by molar-refractivity contribution is 0.102. The number of anilines is 1. The molecule has 8 nitrogen and oxygen atoms in total. The molecule has 1 amide bonds. The first kappa shape index (κ1) is 22.5. The molecule has 4 aromatic heterocycles. The summed E-state index contributed by atoms with van der Waals surface area (Å²) in [7, 11) is 1.59. The van der Waals surface area contributed by atoms with E-state index in [1.54, 1.807) is 49.0 Å². The fourth-order valence-electron chi connectivity index (χ4n) is 3.71. The van der Waals surface area contributed by atoms with Crippen LogP contribution in [0.5, 0.6) is 17.4 Å². The molecule has 0 unspecified atom stereocenters. The van der Waals surface area contributed by atoms with Crippen molar-refractivity contribution in [3.63, 3.8) is 0 Å². The van der Waals surface area contributed by atoms with E-state index in [4.69, 9.17) is 9.47 Å². The number of hydrogen-bond donors (Lipinski definition) is 1. The number of fused-ring (bicyclic) bond motifs is 1. The van der Waals surface area contributed by atoms with Gasteiger partial charge in [0.2, 0.25) is 5.88 Å². The van der Waals surface area contributed by atoms with Gasteiger partial charge in [-0.05, 0) is 55.1 Å². The second kappa shape index (κ2) is 9.55. The predicted octanol–water partition coefficient (Wildman–Crippen LogP) is 5.61. The van der Waals surface area contributed by atoms with Crippen LogP contribution in [0.3, 0.4) is 0 Å². The van der Waals surface area contributed by atoms with E-state index in [9.17, 15) is 4.79 Å². The highest BCUT2D eigenvalue weighted by molar-refractivity contribution is 7.09. The maximum absolute atomic E-state index is 13.1. The van der Waals surface area contributed by atoms with Gasteiger partial charge in [0.05, 0.1) is 42.7 Å². The van der Waals surface area contributed by atoms with Crippen molar-refractivity contribution in [3.05, 3.63) is 88.0 Å². The minimum atomic E-state index is -0.258. The number of rotatable bonds is 7. The molecule has 4 heterocycles. The van der Waals surface area contributed by atoms with E-state index in [0.29, 0.717) is 46.2 Å². The van der Waals surface area contributed by atoms with E-state index in [1.165, 1.54) is 4.88 Å². The summed E-state index contributed by atoms with van der Waals surface area (Å²) in [5.74, 6) is 1.33. The van der Waals surface area contributed by atoms with Crippen LogP contribution in [0, 0.1) is 13.8 Å². The Bertz CT molecular complexity index is 1490. The standard InChI is InChI=1S/C26H23N5O3S/c1-16-6-8-22(23(11-16)33-3)34-24-9-7-18(13-27-24)30-26(32)20-12-17(2)29-25-21(20)14-28-31(25)15-19-5-4-10-35-19/h4-14H,15H2,1-3H3,(H,30,32). The SMILES string of the molecule is COc1cc(C)ccc1Oc1ccc(NC(=O)c2cc(C)nc3c2cnn3Cc2cccs2)cn1. The van der Waals surface area contributed by atoms with Gasteiger partial charge in [-0.25, -0.2) is 14.6 Å². The van der Waals surface area contributed by atoms with E-state index in [-0.39, 0.29) is 5.91 Å². The van der Waals surface area contributed by atoms with Crippen molar-refractivity contribution >= 4 is 34.0 Å². The number of nitrogens with zero attached hydrogens (tertiary/aromatic N) is 4. The fourth-order valence-corrected chi connectivity index (χ4v) is 4.40. The van der Waals surface area contributed by atoms with Crippen LogP contribution in [-0.4, -0.2) is 32.8 Å². The number of carbonyl (C=O) groups excluding carboxylic acids is 1. The maximum atomic E-state index is 13.1. The Hall–Kier alpha value is -4.24. The Morgan fingerprint density at radius 3 is 2.71 bits per heavy atom. The molecule has 1 aromatic carbocycles. The van der Waals surface area contributed by atoms with Crippen LogP contribution in [0.15, 0.2) is 66.3 Å². The molecule has 0 aliphatic heterocycles. The third-order valence-electron chi connectivity index (χ3n) is 5.40. The van der Waals surface area contributed by atoms with Crippen LogP contribution in [0.1, 0.15) is 26.5 Å². The van der Waals surface area contributed by atoms with Crippen LogP contribution in [-0.2, 0) is 6.54 Å². The Kier molecular flexibility index (Phi) is 6.15. The summed E-state index contributed by atoms with van der Waals surface area (Å²) in [6.07, 6.45) is 3.24. The number of methoxy groups -OCH3 is 1. The highest BCUT2D eigenvalue weighted by Gasteiger charge is 2.17. The number of ether oxygens (including phenoxy) is 2. The number of amides is 1. The average molecular weight is 486 g/mol. The zero-order chi connectivity index (χ0) is 24.4. The highest BCUT2D eigenvalue weighted by Crippen LogP contribution is 2.31. The lowest BCUT2D eigenvalue weighted by Crippen LogP contribution is -2.13. The summed E-state index contributed by atoms with van der Waals surface area (Å²) in [5, 5.41) is 10.1. The third kappa shape index (κ3) is 4.85. The lowest BCUT2D eigenvalue weighted by Gasteiger charge is -2.11. The van der Waals surface area contributed by atoms with Crippen LogP contribution < -0.4 is 14.8 Å². The summed E-state index contributed by atoms with van der Waals surface area (Å²) >= 11 is 1.66. The van der Waals surface area contributed by atoms with Crippen molar-refractivity contribution in [2.75, 3.05) is 12.4 Å². The molecule has 176 valence electrons. The molecule has 0 fully saturated rings. The second-order valence-corrected chi connectivity index (χ2v) is 9.06. The van der Waals surface area contributed by atoms with E-state index in [1.807, 2.05) is 48.2 Å². The molecule has 0 aliphatic carbocycles. The molecule has 0 saturated heterocycles. The van der Waals surface area contributed by atoms with Crippen LogP contribution >= 0.6 is 11.3 Å². The van der Waals surface area contributed by atoms with Crippen molar-refractivity contribution < 1.29 is 14.3 Å². The van der Waals surface area contributed by atoms with Crippen LogP contribution in [0.4, 0.5) is 5.69 Å². The van der Waals surface area contributed by atoms with E-state index < -0.39 is 0 Å². The number of hydrogen-bond acceptors (Lipinski definition) is 7. The van der Waals surface area contributed by atoms with Crippen molar-refractivity contribution in [1.29, 1.82) is 0 Å². The smallest absolute Gasteiger partial charge is 0.256 e. The van der Waals surface area contributed by atoms with E-state index in [2.05, 4.69) is 26.4 Å². The van der Waals surface area contributed by atoms with Gasteiger partial charge in [-0.1, -0.05) is 12.1 Å². The molecule has 0 spiro atoms. The van der Waals surface area contributed by atoms with Gasteiger partial charge in [0, 0.05) is 16.6 Å². The van der Waals surface area contributed by atoms with Gasteiger partial charge in [0.15, 0.2) is 17.1 Å². The monoisotopic (exact) mass is 485 g/mol. The van der Waals surface area contributed by atoms with E-state index >= 15 is 0 Å². The summed E-state index contributed by atoms with van der Waals surface area (Å²) in [4.78, 5) is 23.3. The third-order valence-corrected chi connectivity index (χ3v) is 6.26. The zero-order valence-corrected chi connectivity index (χ0v) is 20.3. The number of aromatic nitrogens is 4. The molecule has 0 saturated carbocycles. The first-order chi connectivity index (χ1) is 17.0. The lowest BCUT2D eigenvalue weighted by atomic mass is 10.1. The molecular formula is C26H23N5O3S. The van der Waals surface area contributed by atoms with E-state index in [0.717, 1.165) is 11.3 Å². The maximum Gasteiger partial charge on any atom is 0.256 e. The number of aryl methyl sites for hydroxylation is 2. The number of nitrogens with one attached hydrogen (secondary N) is 1. The van der Waals surface area contributed by atoms with Crippen molar-refractivity contribution in [2.45, 2.75) is 20.4 Å². The number of pyridine rings is 2. The molecule has 0 bridgehead atoms. The Labute approximate surface area is 206 Å². The molecule has 35 heavy (non-hydrogen) atoms.